The van der Waals surface area contributed by atoms with E-state index < -0.39 is 0 Å². The zero-order valence-electron chi connectivity index (χ0n) is 12.5. The van der Waals surface area contributed by atoms with Gasteiger partial charge >= 0.3 is 0 Å². The molecule has 0 heterocycles. The molecule has 2 nitrogen and oxygen atoms in total. The van der Waals surface area contributed by atoms with Crippen LogP contribution in [0, 0.1) is 12.7 Å². The molecule has 2 aromatic carbocycles. The van der Waals surface area contributed by atoms with Gasteiger partial charge in [-0.15, -0.1) is 0 Å². The van der Waals surface area contributed by atoms with Crippen molar-refractivity contribution < 1.29 is 4.39 Å². The van der Waals surface area contributed by atoms with Gasteiger partial charge in [-0.2, -0.15) is 0 Å². The van der Waals surface area contributed by atoms with Crippen LogP contribution in [0.1, 0.15) is 29.5 Å². The number of halogens is 1. The van der Waals surface area contributed by atoms with Gasteiger partial charge in [-0.3, -0.25) is 11.3 Å². The van der Waals surface area contributed by atoms with Crippen molar-refractivity contribution in [1.82, 2.24) is 5.43 Å². The Kier molecular flexibility index (Phi) is 5.90. The molecular weight excluding hydrogens is 263 g/mol. The van der Waals surface area contributed by atoms with Crippen molar-refractivity contribution in [3.8, 4) is 0 Å². The van der Waals surface area contributed by atoms with Crippen LogP contribution in [0.4, 0.5) is 4.39 Å². The maximum absolute atomic E-state index is 13.3. The summed E-state index contributed by atoms with van der Waals surface area (Å²) in [6, 6.07) is 15.5. The fourth-order valence-electron chi connectivity index (χ4n) is 2.57. The molecule has 2 rings (SSSR count). The fraction of sp³-hybridized carbons (Fsp3) is 0.333. The standard InChI is InChI=1S/C18H23FN2/c1-14-10-11-17(19)12-16(14)13-18(21-20)9-5-8-15-6-3-2-4-7-15/h2-4,6-7,10-12,18,21H,5,8-9,13,20H2,1H3. The molecular formula is C18H23FN2. The van der Waals surface area contributed by atoms with E-state index in [1.165, 1.54) is 11.6 Å². The van der Waals surface area contributed by atoms with Gasteiger partial charge in [0.05, 0.1) is 0 Å². The molecule has 2 aromatic rings. The lowest BCUT2D eigenvalue weighted by atomic mass is 9.97. The van der Waals surface area contributed by atoms with E-state index in [0.29, 0.717) is 0 Å². The molecule has 0 bridgehead atoms. The highest BCUT2D eigenvalue weighted by atomic mass is 19.1. The summed E-state index contributed by atoms with van der Waals surface area (Å²) in [7, 11) is 0. The van der Waals surface area contributed by atoms with Crippen LogP contribution in [0.3, 0.4) is 0 Å². The molecule has 21 heavy (non-hydrogen) atoms. The first-order valence-corrected chi connectivity index (χ1v) is 7.44. The Hall–Kier alpha value is -1.71. The van der Waals surface area contributed by atoms with Gasteiger partial charge in [0.1, 0.15) is 5.82 Å². The van der Waals surface area contributed by atoms with Crippen molar-refractivity contribution in [3.63, 3.8) is 0 Å². The topological polar surface area (TPSA) is 38.0 Å². The summed E-state index contributed by atoms with van der Waals surface area (Å²) in [6.07, 6.45) is 3.84. The second-order valence-corrected chi connectivity index (χ2v) is 5.52. The van der Waals surface area contributed by atoms with Gasteiger partial charge in [-0.05, 0) is 61.4 Å². The number of aryl methyl sites for hydroxylation is 2. The minimum atomic E-state index is -0.185. The van der Waals surface area contributed by atoms with E-state index in [0.717, 1.165) is 36.8 Å². The Morgan fingerprint density at radius 2 is 1.90 bits per heavy atom. The van der Waals surface area contributed by atoms with Crippen molar-refractivity contribution in [3.05, 3.63) is 71.0 Å². The number of nitrogens with two attached hydrogens (primary N) is 1. The molecule has 0 aliphatic carbocycles. The largest absolute Gasteiger partial charge is 0.271 e. The third-order valence-electron chi connectivity index (χ3n) is 3.87. The van der Waals surface area contributed by atoms with Gasteiger partial charge in [0.25, 0.3) is 0 Å². The third-order valence-corrected chi connectivity index (χ3v) is 3.87. The Morgan fingerprint density at radius 1 is 1.14 bits per heavy atom. The SMILES string of the molecule is Cc1ccc(F)cc1CC(CCCc1ccccc1)NN. The van der Waals surface area contributed by atoms with E-state index in [1.54, 1.807) is 6.07 Å². The highest BCUT2D eigenvalue weighted by Gasteiger charge is 2.10. The average molecular weight is 286 g/mol. The number of hydrogen-bond acceptors (Lipinski definition) is 2. The van der Waals surface area contributed by atoms with Gasteiger partial charge < -0.3 is 0 Å². The van der Waals surface area contributed by atoms with Crippen molar-refractivity contribution in [1.29, 1.82) is 0 Å². The Morgan fingerprint density at radius 3 is 2.62 bits per heavy atom. The maximum atomic E-state index is 13.3. The molecule has 0 saturated heterocycles. The van der Waals surface area contributed by atoms with E-state index >= 15 is 0 Å². The predicted molar refractivity (Wildman–Crippen MR) is 85.3 cm³/mol. The summed E-state index contributed by atoms with van der Waals surface area (Å²) in [4.78, 5) is 0. The highest BCUT2D eigenvalue weighted by Crippen LogP contribution is 2.15. The molecule has 0 aliphatic rings. The van der Waals surface area contributed by atoms with Crippen LogP contribution in [0.5, 0.6) is 0 Å². The second-order valence-electron chi connectivity index (χ2n) is 5.52. The molecule has 0 aliphatic heterocycles. The molecule has 112 valence electrons. The lowest BCUT2D eigenvalue weighted by molar-refractivity contribution is 0.474. The van der Waals surface area contributed by atoms with E-state index in [2.05, 4.69) is 29.7 Å². The van der Waals surface area contributed by atoms with Crippen LogP contribution in [0.15, 0.2) is 48.5 Å². The van der Waals surface area contributed by atoms with Crippen LogP contribution in [0.25, 0.3) is 0 Å². The van der Waals surface area contributed by atoms with Gasteiger partial charge in [0.2, 0.25) is 0 Å². The number of benzene rings is 2. The monoisotopic (exact) mass is 286 g/mol. The first-order valence-electron chi connectivity index (χ1n) is 7.44. The number of hydrogen-bond donors (Lipinski definition) is 2. The Labute approximate surface area is 126 Å². The van der Waals surface area contributed by atoms with Crippen molar-refractivity contribution >= 4 is 0 Å². The number of nitrogens with one attached hydrogen (secondary N) is 1. The summed E-state index contributed by atoms with van der Waals surface area (Å²) < 4.78 is 13.3. The second kappa shape index (κ2) is 7.91. The summed E-state index contributed by atoms with van der Waals surface area (Å²) in [5.41, 5.74) is 6.34. The van der Waals surface area contributed by atoms with Gasteiger partial charge in [-0.25, -0.2) is 4.39 Å². The predicted octanol–water partition coefficient (Wildman–Crippen LogP) is 3.53. The normalized spacial score (nSPS) is 12.3. The van der Waals surface area contributed by atoms with E-state index in [4.69, 9.17) is 5.84 Å². The molecule has 1 atom stereocenters. The highest BCUT2D eigenvalue weighted by molar-refractivity contribution is 5.27. The summed E-state index contributed by atoms with van der Waals surface area (Å²) in [5, 5.41) is 0. The molecule has 1 unspecified atom stereocenters. The van der Waals surface area contributed by atoms with Crippen molar-refractivity contribution in [2.75, 3.05) is 0 Å². The lowest BCUT2D eigenvalue weighted by Gasteiger charge is -2.17. The smallest absolute Gasteiger partial charge is 0.123 e. The van der Waals surface area contributed by atoms with Gasteiger partial charge in [0, 0.05) is 6.04 Å². The van der Waals surface area contributed by atoms with Crippen LogP contribution < -0.4 is 11.3 Å². The van der Waals surface area contributed by atoms with Crippen LogP contribution >= 0.6 is 0 Å². The zero-order valence-corrected chi connectivity index (χ0v) is 12.5. The summed E-state index contributed by atoms with van der Waals surface area (Å²) in [5.74, 6) is 5.46. The maximum Gasteiger partial charge on any atom is 0.123 e. The molecule has 3 heteroatoms. The molecule has 0 saturated carbocycles. The first kappa shape index (κ1) is 15.7. The average Bonchev–Trinajstić information content (AvgIpc) is 2.51. The quantitative estimate of drug-likeness (QED) is 0.603. The van der Waals surface area contributed by atoms with Crippen molar-refractivity contribution in [2.24, 2.45) is 5.84 Å². The summed E-state index contributed by atoms with van der Waals surface area (Å²) >= 11 is 0. The molecule has 0 radical (unpaired) electrons. The van der Waals surface area contributed by atoms with Gasteiger partial charge in [-0.1, -0.05) is 36.4 Å². The lowest BCUT2D eigenvalue weighted by Crippen LogP contribution is -2.37. The minimum Gasteiger partial charge on any atom is -0.271 e. The van der Waals surface area contributed by atoms with E-state index in [-0.39, 0.29) is 11.9 Å². The molecule has 0 aromatic heterocycles. The minimum absolute atomic E-state index is 0.175. The summed E-state index contributed by atoms with van der Waals surface area (Å²) in [6.45, 7) is 2.01. The van der Waals surface area contributed by atoms with Crippen LogP contribution in [-0.4, -0.2) is 6.04 Å². The first-order chi connectivity index (χ1) is 10.2. The van der Waals surface area contributed by atoms with Crippen molar-refractivity contribution in [2.45, 2.75) is 38.6 Å². The number of hydrazine groups is 1. The van der Waals surface area contributed by atoms with Crippen LogP contribution in [0.2, 0.25) is 0 Å². The molecule has 0 amide bonds. The van der Waals surface area contributed by atoms with Crippen LogP contribution in [-0.2, 0) is 12.8 Å². The fourth-order valence-corrected chi connectivity index (χ4v) is 2.57. The molecule has 3 N–H and O–H groups in total. The van der Waals surface area contributed by atoms with E-state index in [1.807, 2.05) is 19.1 Å². The Balaban J connectivity index is 1.87. The third kappa shape index (κ3) is 4.96. The number of rotatable bonds is 7. The van der Waals surface area contributed by atoms with E-state index in [9.17, 15) is 4.39 Å². The Bertz CT molecular complexity index is 554. The molecule has 0 fully saturated rings. The van der Waals surface area contributed by atoms with Gasteiger partial charge in [0.15, 0.2) is 0 Å². The molecule has 0 spiro atoms. The zero-order chi connectivity index (χ0) is 15.1.